The van der Waals surface area contributed by atoms with Crippen LogP contribution in [0.15, 0.2) is 67.0 Å². The van der Waals surface area contributed by atoms with Gasteiger partial charge >= 0.3 is 0 Å². The molecule has 0 radical (unpaired) electrons. The molecule has 0 aliphatic carbocycles. The molecule has 0 spiro atoms. The number of aromatic amines is 1. The highest BCUT2D eigenvalue weighted by molar-refractivity contribution is 6.35. The molecule has 0 saturated carbocycles. The minimum Gasteiger partial charge on any atom is -0.457 e. The lowest BCUT2D eigenvalue weighted by atomic mass is 10.0. The van der Waals surface area contributed by atoms with Crippen LogP contribution in [0.2, 0.25) is 5.02 Å². The van der Waals surface area contributed by atoms with Gasteiger partial charge in [-0.15, -0.1) is 0 Å². The minimum atomic E-state index is -0.171. The summed E-state index contributed by atoms with van der Waals surface area (Å²) in [5.41, 5.74) is 2.48. The average molecular weight is 448 g/mol. The Morgan fingerprint density at radius 1 is 1.06 bits per heavy atom. The molecule has 0 unspecified atom stereocenters. The van der Waals surface area contributed by atoms with Crippen molar-refractivity contribution in [3.05, 3.63) is 83.1 Å². The van der Waals surface area contributed by atoms with Gasteiger partial charge in [-0.3, -0.25) is 4.79 Å². The van der Waals surface area contributed by atoms with Crippen LogP contribution >= 0.6 is 11.6 Å². The van der Waals surface area contributed by atoms with Gasteiger partial charge in [0.1, 0.15) is 17.1 Å². The lowest BCUT2D eigenvalue weighted by molar-refractivity contribution is 0.0904. The number of carbonyl (C=O) groups excluding carboxylic acids is 1. The SMILES string of the molecule is O=C(c1ccc(Oc2ccccc2)cc1Cl)c1c[nH]c2nccc(NC3CCOCC3)c12. The standard InChI is InChI=1S/C25H22ClN3O3/c26-21-14-18(32-17-4-2-1-3-5-17)6-7-19(21)24(30)20-15-28-25-23(20)22(8-11-27-25)29-16-9-12-31-13-10-16/h1-8,11,14-16H,9-10,12-13H2,(H2,27,28,29). The Morgan fingerprint density at radius 2 is 1.88 bits per heavy atom. The number of nitrogens with one attached hydrogen (secondary N) is 2. The summed E-state index contributed by atoms with van der Waals surface area (Å²) in [6.45, 7) is 1.47. The predicted octanol–water partition coefficient (Wildman–Crippen LogP) is 5.83. The molecule has 7 heteroatoms. The highest BCUT2D eigenvalue weighted by Gasteiger charge is 2.22. The second kappa shape index (κ2) is 9.02. The summed E-state index contributed by atoms with van der Waals surface area (Å²) in [7, 11) is 0. The number of fused-ring (bicyclic) bond motifs is 1. The Kier molecular flexibility index (Phi) is 5.79. The summed E-state index contributed by atoms with van der Waals surface area (Å²) in [4.78, 5) is 20.9. The summed E-state index contributed by atoms with van der Waals surface area (Å²) < 4.78 is 11.3. The first-order chi connectivity index (χ1) is 15.7. The molecule has 2 N–H and O–H groups in total. The Balaban J connectivity index is 1.44. The van der Waals surface area contributed by atoms with Crippen molar-refractivity contribution in [3.63, 3.8) is 0 Å². The molecule has 2 aromatic heterocycles. The fourth-order valence-electron chi connectivity index (χ4n) is 3.93. The smallest absolute Gasteiger partial charge is 0.196 e. The van der Waals surface area contributed by atoms with Crippen molar-refractivity contribution in [1.82, 2.24) is 9.97 Å². The molecule has 3 heterocycles. The molecule has 0 atom stereocenters. The summed E-state index contributed by atoms with van der Waals surface area (Å²) in [5.74, 6) is 1.10. The van der Waals surface area contributed by atoms with E-state index in [0.29, 0.717) is 39.3 Å². The maximum atomic E-state index is 13.4. The second-order valence-electron chi connectivity index (χ2n) is 7.70. The highest BCUT2D eigenvalue weighted by atomic mass is 35.5. The van der Waals surface area contributed by atoms with Crippen molar-refractivity contribution in [2.45, 2.75) is 18.9 Å². The lowest BCUT2D eigenvalue weighted by Crippen LogP contribution is -2.28. The van der Waals surface area contributed by atoms with Crippen molar-refractivity contribution in [2.24, 2.45) is 0 Å². The Hall–Kier alpha value is -3.35. The van der Waals surface area contributed by atoms with E-state index < -0.39 is 0 Å². The van der Waals surface area contributed by atoms with Crippen LogP contribution in [0, 0.1) is 0 Å². The number of H-pyrrole nitrogens is 1. The molecular weight excluding hydrogens is 426 g/mol. The van der Waals surface area contributed by atoms with E-state index in [4.69, 9.17) is 21.1 Å². The Labute approximate surface area is 190 Å². The third-order valence-corrected chi connectivity index (χ3v) is 5.88. The third kappa shape index (κ3) is 4.20. The summed E-state index contributed by atoms with van der Waals surface area (Å²) in [6, 6.07) is 16.7. The lowest BCUT2D eigenvalue weighted by Gasteiger charge is -2.24. The minimum absolute atomic E-state index is 0.171. The van der Waals surface area contributed by atoms with Crippen molar-refractivity contribution < 1.29 is 14.3 Å². The number of hydrogen-bond acceptors (Lipinski definition) is 5. The van der Waals surface area contributed by atoms with Crippen molar-refractivity contribution in [1.29, 1.82) is 0 Å². The van der Waals surface area contributed by atoms with E-state index in [1.54, 1.807) is 30.6 Å². The van der Waals surface area contributed by atoms with Crippen LogP contribution in [0.4, 0.5) is 5.69 Å². The number of halogens is 1. The van der Waals surface area contributed by atoms with Gasteiger partial charge in [0.25, 0.3) is 0 Å². The number of nitrogens with zero attached hydrogens (tertiary/aromatic N) is 1. The third-order valence-electron chi connectivity index (χ3n) is 5.56. The van der Waals surface area contributed by atoms with Gasteiger partial charge in [0, 0.05) is 49.0 Å². The molecule has 0 bridgehead atoms. The van der Waals surface area contributed by atoms with E-state index in [2.05, 4.69) is 15.3 Å². The Bertz CT molecular complexity index is 1250. The number of ether oxygens (including phenoxy) is 2. The van der Waals surface area contributed by atoms with Gasteiger partial charge in [-0.25, -0.2) is 4.98 Å². The number of carbonyl (C=O) groups is 1. The number of anilines is 1. The number of hydrogen-bond donors (Lipinski definition) is 2. The average Bonchev–Trinajstić information content (AvgIpc) is 3.26. The molecule has 162 valence electrons. The van der Waals surface area contributed by atoms with E-state index in [1.807, 2.05) is 36.4 Å². The molecular formula is C25H22ClN3O3. The summed E-state index contributed by atoms with van der Waals surface area (Å²) in [6.07, 6.45) is 5.27. The normalized spacial score (nSPS) is 14.4. The van der Waals surface area contributed by atoms with Gasteiger partial charge in [0.05, 0.1) is 16.0 Å². The fraction of sp³-hybridized carbons (Fsp3) is 0.200. The number of para-hydroxylation sites is 1. The molecule has 1 aliphatic heterocycles. The van der Waals surface area contributed by atoms with Gasteiger partial charge < -0.3 is 19.8 Å². The van der Waals surface area contributed by atoms with E-state index >= 15 is 0 Å². The highest BCUT2D eigenvalue weighted by Crippen LogP contribution is 2.32. The maximum absolute atomic E-state index is 13.4. The maximum Gasteiger partial charge on any atom is 0.196 e. The van der Waals surface area contributed by atoms with Gasteiger partial charge in [-0.05, 0) is 43.2 Å². The molecule has 0 amide bonds. The quantitative estimate of drug-likeness (QED) is 0.363. The van der Waals surface area contributed by atoms with E-state index in [1.165, 1.54) is 0 Å². The monoisotopic (exact) mass is 447 g/mol. The fourth-order valence-corrected chi connectivity index (χ4v) is 4.19. The zero-order chi connectivity index (χ0) is 21.9. The van der Waals surface area contributed by atoms with Crippen molar-refractivity contribution in [3.8, 4) is 11.5 Å². The first-order valence-electron chi connectivity index (χ1n) is 10.6. The van der Waals surface area contributed by atoms with Crippen molar-refractivity contribution >= 4 is 34.1 Å². The van der Waals surface area contributed by atoms with Crippen LogP contribution in [0.5, 0.6) is 11.5 Å². The first kappa shape index (κ1) is 20.5. The molecule has 1 saturated heterocycles. The molecule has 2 aromatic carbocycles. The molecule has 4 aromatic rings. The molecule has 6 nitrogen and oxygen atoms in total. The molecule has 5 rings (SSSR count). The van der Waals surface area contributed by atoms with Crippen LogP contribution in [0.1, 0.15) is 28.8 Å². The zero-order valence-corrected chi connectivity index (χ0v) is 18.1. The predicted molar refractivity (Wildman–Crippen MR) is 125 cm³/mol. The topological polar surface area (TPSA) is 76.2 Å². The van der Waals surface area contributed by atoms with Gasteiger partial charge in [-0.1, -0.05) is 29.8 Å². The largest absolute Gasteiger partial charge is 0.457 e. The van der Waals surface area contributed by atoms with Crippen molar-refractivity contribution in [2.75, 3.05) is 18.5 Å². The van der Waals surface area contributed by atoms with Gasteiger partial charge in [0.15, 0.2) is 5.78 Å². The summed E-state index contributed by atoms with van der Waals surface area (Å²) in [5, 5.41) is 4.66. The summed E-state index contributed by atoms with van der Waals surface area (Å²) >= 11 is 6.50. The zero-order valence-electron chi connectivity index (χ0n) is 17.3. The Morgan fingerprint density at radius 3 is 2.66 bits per heavy atom. The van der Waals surface area contributed by atoms with Crippen LogP contribution in [-0.4, -0.2) is 35.0 Å². The number of ketones is 1. The molecule has 32 heavy (non-hydrogen) atoms. The molecule has 1 fully saturated rings. The second-order valence-corrected chi connectivity index (χ2v) is 8.11. The van der Waals surface area contributed by atoms with Gasteiger partial charge in [0.2, 0.25) is 0 Å². The van der Waals surface area contributed by atoms with Gasteiger partial charge in [-0.2, -0.15) is 0 Å². The van der Waals surface area contributed by atoms with Crippen LogP contribution in [-0.2, 0) is 4.74 Å². The van der Waals surface area contributed by atoms with Crippen LogP contribution < -0.4 is 10.1 Å². The van der Waals surface area contributed by atoms with Crippen LogP contribution in [0.3, 0.4) is 0 Å². The first-order valence-corrected chi connectivity index (χ1v) is 10.9. The van der Waals surface area contributed by atoms with E-state index in [9.17, 15) is 4.79 Å². The number of benzene rings is 2. The van der Waals surface area contributed by atoms with E-state index in [-0.39, 0.29) is 5.78 Å². The number of aromatic nitrogens is 2. The molecule has 1 aliphatic rings. The number of pyridine rings is 1. The van der Waals surface area contributed by atoms with Crippen LogP contribution in [0.25, 0.3) is 11.0 Å². The number of rotatable bonds is 6. The van der Waals surface area contributed by atoms with E-state index in [0.717, 1.165) is 37.1 Å².